The Labute approximate surface area is 71.5 Å². The first kappa shape index (κ1) is 7.77. The quantitative estimate of drug-likeness (QED) is 0.600. The number of rotatable bonds is 1. The molecule has 0 fully saturated rings. The lowest BCUT2D eigenvalue weighted by molar-refractivity contribution is -0.0840. The molecule has 0 heterocycles. The van der Waals surface area contributed by atoms with Crippen LogP contribution in [0.3, 0.4) is 0 Å². The summed E-state index contributed by atoms with van der Waals surface area (Å²) in [6.07, 6.45) is 0.389. The number of hydrogen-bond acceptors (Lipinski definition) is 2. The van der Waals surface area contributed by atoms with Crippen LogP contribution in [-0.4, -0.2) is 16.5 Å². The van der Waals surface area contributed by atoms with Crippen LogP contribution in [0.5, 0.6) is 0 Å². The van der Waals surface area contributed by atoms with Gasteiger partial charge in [0, 0.05) is 5.92 Å². The fourth-order valence-electron chi connectivity index (χ4n) is 1.77. The fraction of sp³-hybridized carbons (Fsp3) is 0.400. The Morgan fingerprint density at radius 2 is 1.75 bits per heavy atom. The molecule has 1 aliphatic carbocycles. The van der Waals surface area contributed by atoms with Gasteiger partial charge in [0.15, 0.2) is 6.29 Å². The molecule has 2 heteroatoms. The van der Waals surface area contributed by atoms with Gasteiger partial charge in [0.2, 0.25) is 0 Å². The summed E-state index contributed by atoms with van der Waals surface area (Å²) < 4.78 is 0. The van der Waals surface area contributed by atoms with Gasteiger partial charge in [-0.3, -0.25) is 0 Å². The molecular formula is C10H12O2. The number of aliphatic hydroxyl groups is 2. The van der Waals surface area contributed by atoms with E-state index in [4.69, 9.17) is 10.2 Å². The molecule has 1 aliphatic rings. The highest BCUT2D eigenvalue weighted by molar-refractivity contribution is 5.27. The first-order valence-electron chi connectivity index (χ1n) is 4.19. The normalized spacial score (nSPS) is 16.9. The lowest BCUT2D eigenvalue weighted by atomic mass is 9.86. The van der Waals surface area contributed by atoms with Crippen LogP contribution in [0.2, 0.25) is 0 Å². The third kappa shape index (κ3) is 1.36. The van der Waals surface area contributed by atoms with Crippen molar-refractivity contribution < 1.29 is 10.2 Å². The van der Waals surface area contributed by atoms with Crippen molar-refractivity contribution >= 4 is 0 Å². The average molecular weight is 164 g/mol. The summed E-state index contributed by atoms with van der Waals surface area (Å²) in [5.41, 5.74) is 2.41. The molecule has 64 valence electrons. The Bertz CT molecular complexity index is 260. The molecule has 0 aromatic heterocycles. The van der Waals surface area contributed by atoms with E-state index in [9.17, 15) is 0 Å². The third-order valence-corrected chi connectivity index (χ3v) is 2.41. The standard InChI is InChI=1S/C10H12O2/c11-10(12)9-5-7-2-1-3-8(4-7)6-9/h1-4,9-12H,5-6H2. The Morgan fingerprint density at radius 1 is 1.17 bits per heavy atom. The van der Waals surface area contributed by atoms with E-state index in [-0.39, 0.29) is 5.92 Å². The van der Waals surface area contributed by atoms with E-state index < -0.39 is 6.29 Å². The zero-order chi connectivity index (χ0) is 8.55. The lowest BCUT2D eigenvalue weighted by Crippen LogP contribution is -2.26. The fourth-order valence-corrected chi connectivity index (χ4v) is 1.77. The predicted molar refractivity (Wildman–Crippen MR) is 45.6 cm³/mol. The predicted octanol–water partition coefficient (Wildman–Crippen LogP) is 0.712. The van der Waals surface area contributed by atoms with Gasteiger partial charge in [-0.2, -0.15) is 0 Å². The Morgan fingerprint density at radius 3 is 2.25 bits per heavy atom. The van der Waals surface area contributed by atoms with Gasteiger partial charge in [0.25, 0.3) is 0 Å². The Hall–Kier alpha value is -0.860. The molecule has 12 heavy (non-hydrogen) atoms. The van der Waals surface area contributed by atoms with E-state index in [2.05, 4.69) is 6.07 Å². The second-order valence-corrected chi connectivity index (χ2v) is 3.40. The van der Waals surface area contributed by atoms with Crippen molar-refractivity contribution in [3.63, 3.8) is 0 Å². The molecule has 1 aromatic rings. The minimum atomic E-state index is -1.18. The highest BCUT2D eigenvalue weighted by Crippen LogP contribution is 2.23. The average Bonchev–Trinajstić information content (AvgIpc) is 2.03. The number of benzene rings is 1. The molecule has 2 nitrogen and oxygen atoms in total. The molecule has 0 saturated carbocycles. The van der Waals surface area contributed by atoms with Crippen molar-refractivity contribution in [2.45, 2.75) is 19.1 Å². The molecule has 2 bridgehead atoms. The van der Waals surface area contributed by atoms with Crippen LogP contribution in [0.1, 0.15) is 11.1 Å². The van der Waals surface area contributed by atoms with Crippen molar-refractivity contribution in [3.05, 3.63) is 35.4 Å². The van der Waals surface area contributed by atoms with Gasteiger partial charge in [0.1, 0.15) is 0 Å². The van der Waals surface area contributed by atoms with Crippen LogP contribution >= 0.6 is 0 Å². The molecular weight excluding hydrogens is 152 g/mol. The highest BCUT2D eigenvalue weighted by atomic mass is 16.5. The zero-order valence-electron chi connectivity index (χ0n) is 6.77. The molecule has 1 aromatic carbocycles. The van der Waals surface area contributed by atoms with Gasteiger partial charge in [-0.05, 0) is 24.0 Å². The van der Waals surface area contributed by atoms with Crippen LogP contribution in [0.15, 0.2) is 24.3 Å². The molecule has 0 spiro atoms. The molecule has 0 saturated heterocycles. The summed E-state index contributed by atoms with van der Waals surface area (Å²) in [5.74, 6) is -0.0128. The van der Waals surface area contributed by atoms with E-state index in [1.165, 1.54) is 11.1 Å². The Balaban J connectivity index is 2.24. The lowest BCUT2D eigenvalue weighted by Gasteiger charge is -2.23. The summed E-state index contributed by atoms with van der Waals surface area (Å²) in [6.45, 7) is 0. The number of hydrogen-bond donors (Lipinski definition) is 2. The van der Waals surface area contributed by atoms with Crippen LogP contribution in [0.25, 0.3) is 0 Å². The van der Waals surface area contributed by atoms with E-state index >= 15 is 0 Å². The van der Waals surface area contributed by atoms with Crippen molar-refractivity contribution in [2.75, 3.05) is 0 Å². The van der Waals surface area contributed by atoms with Crippen LogP contribution in [0, 0.1) is 5.92 Å². The van der Waals surface area contributed by atoms with E-state index in [1.54, 1.807) is 0 Å². The molecule has 0 aliphatic heterocycles. The summed E-state index contributed by atoms with van der Waals surface area (Å²) in [7, 11) is 0. The minimum absolute atomic E-state index is 0.0128. The minimum Gasteiger partial charge on any atom is -0.368 e. The van der Waals surface area contributed by atoms with Crippen molar-refractivity contribution in [1.82, 2.24) is 0 Å². The van der Waals surface area contributed by atoms with Crippen molar-refractivity contribution in [1.29, 1.82) is 0 Å². The van der Waals surface area contributed by atoms with Gasteiger partial charge in [-0.25, -0.2) is 0 Å². The zero-order valence-corrected chi connectivity index (χ0v) is 6.77. The van der Waals surface area contributed by atoms with Crippen LogP contribution < -0.4 is 0 Å². The SMILES string of the molecule is OC(O)C1Cc2cccc(c2)C1. The molecule has 2 N–H and O–H groups in total. The van der Waals surface area contributed by atoms with Gasteiger partial charge in [-0.1, -0.05) is 24.3 Å². The maximum Gasteiger partial charge on any atom is 0.154 e. The van der Waals surface area contributed by atoms with E-state index in [1.807, 2.05) is 18.2 Å². The van der Waals surface area contributed by atoms with Crippen LogP contribution in [0.4, 0.5) is 0 Å². The number of fused-ring (bicyclic) bond motifs is 2. The second-order valence-electron chi connectivity index (χ2n) is 3.40. The first-order chi connectivity index (χ1) is 5.75. The largest absolute Gasteiger partial charge is 0.368 e. The summed E-state index contributed by atoms with van der Waals surface area (Å²) in [6, 6.07) is 8.19. The summed E-state index contributed by atoms with van der Waals surface area (Å²) in [5, 5.41) is 18.0. The van der Waals surface area contributed by atoms with Gasteiger partial charge in [-0.15, -0.1) is 0 Å². The second kappa shape index (κ2) is 2.88. The number of aliphatic hydroxyl groups excluding tert-OH is 1. The highest BCUT2D eigenvalue weighted by Gasteiger charge is 2.21. The molecule has 2 rings (SSSR count). The maximum atomic E-state index is 9.01. The van der Waals surface area contributed by atoms with Crippen LogP contribution in [-0.2, 0) is 12.8 Å². The van der Waals surface area contributed by atoms with Gasteiger partial charge >= 0.3 is 0 Å². The summed E-state index contributed by atoms with van der Waals surface area (Å²) in [4.78, 5) is 0. The van der Waals surface area contributed by atoms with Gasteiger partial charge < -0.3 is 10.2 Å². The topological polar surface area (TPSA) is 40.5 Å². The molecule has 0 unspecified atom stereocenters. The van der Waals surface area contributed by atoms with Gasteiger partial charge in [0.05, 0.1) is 0 Å². The summed E-state index contributed by atoms with van der Waals surface area (Å²) >= 11 is 0. The van der Waals surface area contributed by atoms with E-state index in [0.29, 0.717) is 0 Å². The molecule has 0 amide bonds. The molecule has 0 radical (unpaired) electrons. The third-order valence-electron chi connectivity index (χ3n) is 2.41. The first-order valence-corrected chi connectivity index (χ1v) is 4.19. The monoisotopic (exact) mass is 164 g/mol. The smallest absolute Gasteiger partial charge is 0.154 e. The van der Waals surface area contributed by atoms with Crippen molar-refractivity contribution in [3.8, 4) is 0 Å². The Kier molecular flexibility index (Phi) is 1.87. The molecule has 0 atom stereocenters. The van der Waals surface area contributed by atoms with E-state index in [0.717, 1.165) is 12.8 Å². The van der Waals surface area contributed by atoms with Crippen molar-refractivity contribution in [2.24, 2.45) is 5.92 Å². The maximum absolute atomic E-state index is 9.01.